The fourth-order valence-electron chi connectivity index (χ4n) is 7.77. The standard InChI is InChI=1S/C47H83N3O8/c1-4-6-8-10-12-14-16-17-18-19-20-21-23-25-30-34-41(52)50(35-31-26-24-22-15-13-11-9-7-5-2)46-42(44(54)43(53)40(36-51)58-46)49-45(55)38(3)48-47(56)57-37-39-32-28-27-29-33-39/h27-29,32-33,38,40,42-44,46,51,53-54H,4-26,30-31,34-37H2,1-3H3,(H,48,56)(H,49,55)/t38-,40-,42-,43-,44-,46-/m1/s1. The van der Waals surface area contributed by atoms with Crippen molar-refractivity contribution in [1.82, 2.24) is 15.5 Å². The number of benzene rings is 1. The SMILES string of the molecule is CCCCCCCCCCCCCCCCCC(=O)N(CCCCCCCCCCCC)[C@@H]1O[C@H](CO)[C@@H](O)[C@H](O)[C@H]1NC(=O)[C@@H](C)NC(=O)OCc1ccccc1. The fourth-order valence-corrected chi connectivity index (χ4v) is 7.77. The number of alkyl carbamates (subject to hydrolysis) is 1. The van der Waals surface area contributed by atoms with E-state index in [4.69, 9.17) is 9.47 Å². The first kappa shape index (κ1) is 51.4. The van der Waals surface area contributed by atoms with Crippen LogP contribution in [0.5, 0.6) is 0 Å². The Kier molecular flexibility index (Phi) is 29.3. The summed E-state index contributed by atoms with van der Waals surface area (Å²) in [6, 6.07) is 6.91. The summed E-state index contributed by atoms with van der Waals surface area (Å²) >= 11 is 0. The van der Waals surface area contributed by atoms with Gasteiger partial charge in [-0.2, -0.15) is 0 Å². The molecular formula is C47H83N3O8. The number of nitrogens with zero attached hydrogens (tertiary/aromatic N) is 1. The van der Waals surface area contributed by atoms with Crippen LogP contribution in [0.2, 0.25) is 0 Å². The van der Waals surface area contributed by atoms with Crippen LogP contribution >= 0.6 is 0 Å². The van der Waals surface area contributed by atoms with Crippen molar-refractivity contribution < 1.29 is 39.2 Å². The molecule has 0 unspecified atom stereocenters. The summed E-state index contributed by atoms with van der Waals surface area (Å²) < 4.78 is 11.4. The molecular weight excluding hydrogens is 735 g/mol. The van der Waals surface area contributed by atoms with Gasteiger partial charge in [0.05, 0.1) is 6.61 Å². The second-order valence-electron chi connectivity index (χ2n) is 16.7. The predicted octanol–water partition coefficient (Wildman–Crippen LogP) is 9.24. The highest BCUT2D eigenvalue weighted by Gasteiger charge is 2.48. The van der Waals surface area contributed by atoms with E-state index in [0.29, 0.717) is 19.4 Å². The Morgan fingerprint density at radius 3 is 1.64 bits per heavy atom. The lowest BCUT2D eigenvalue weighted by atomic mass is 9.94. The molecule has 0 spiro atoms. The largest absolute Gasteiger partial charge is 0.445 e. The first-order valence-corrected chi connectivity index (χ1v) is 23.4. The Balaban J connectivity index is 1.97. The highest BCUT2D eigenvalue weighted by molar-refractivity contribution is 5.85. The number of ether oxygens (including phenoxy) is 2. The normalized spacial score (nSPS) is 19.7. The van der Waals surface area contributed by atoms with Gasteiger partial charge >= 0.3 is 6.09 Å². The Morgan fingerprint density at radius 2 is 1.16 bits per heavy atom. The predicted molar refractivity (Wildman–Crippen MR) is 232 cm³/mol. The molecule has 1 aromatic carbocycles. The summed E-state index contributed by atoms with van der Waals surface area (Å²) in [4.78, 5) is 41.6. The minimum absolute atomic E-state index is 0.0302. The molecule has 1 aromatic rings. The molecule has 0 saturated carbocycles. The number of rotatable bonds is 34. The lowest BCUT2D eigenvalue weighted by Crippen LogP contribution is -2.69. The Labute approximate surface area is 351 Å². The van der Waals surface area contributed by atoms with Crippen molar-refractivity contribution in [2.45, 2.75) is 231 Å². The number of carbonyl (C=O) groups excluding carboxylic acids is 3. The van der Waals surface area contributed by atoms with Gasteiger partial charge in [0.2, 0.25) is 11.8 Å². The van der Waals surface area contributed by atoms with Crippen molar-refractivity contribution in [1.29, 1.82) is 0 Å². The van der Waals surface area contributed by atoms with E-state index in [1.54, 1.807) is 4.90 Å². The van der Waals surface area contributed by atoms with E-state index in [0.717, 1.165) is 50.5 Å². The van der Waals surface area contributed by atoms with Crippen molar-refractivity contribution >= 4 is 17.9 Å². The molecule has 11 heteroatoms. The molecule has 1 fully saturated rings. The first-order chi connectivity index (χ1) is 28.2. The number of aliphatic hydroxyl groups is 3. The van der Waals surface area contributed by atoms with Gasteiger partial charge in [0, 0.05) is 13.0 Å². The summed E-state index contributed by atoms with van der Waals surface area (Å²) in [5.41, 5.74) is 0.795. The van der Waals surface area contributed by atoms with Gasteiger partial charge in [0.25, 0.3) is 0 Å². The Hall–Kier alpha value is -2.73. The average molecular weight is 818 g/mol. The van der Waals surface area contributed by atoms with Crippen molar-refractivity contribution in [3.8, 4) is 0 Å². The summed E-state index contributed by atoms with van der Waals surface area (Å²) in [6.45, 7) is 5.78. The zero-order valence-corrected chi connectivity index (χ0v) is 36.7. The van der Waals surface area contributed by atoms with Crippen LogP contribution < -0.4 is 10.6 Å². The summed E-state index contributed by atoms with van der Waals surface area (Å²) in [7, 11) is 0. The topological polar surface area (TPSA) is 158 Å². The van der Waals surface area contributed by atoms with Crippen molar-refractivity contribution in [3.63, 3.8) is 0 Å². The van der Waals surface area contributed by atoms with Gasteiger partial charge in [-0.25, -0.2) is 4.79 Å². The van der Waals surface area contributed by atoms with Crippen molar-refractivity contribution in [3.05, 3.63) is 35.9 Å². The number of hydrogen-bond donors (Lipinski definition) is 5. The molecule has 0 aromatic heterocycles. The van der Waals surface area contributed by atoms with Crippen LogP contribution in [-0.2, 0) is 25.7 Å². The number of aliphatic hydroxyl groups excluding tert-OH is 3. The number of hydrogen-bond acceptors (Lipinski definition) is 8. The lowest BCUT2D eigenvalue weighted by molar-refractivity contribution is -0.231. The molecule has 1 heterocycles. The second-order valence-corrected chi connectivity index (χ2v) is 16.7. The van der Waals surface area contributed by atoms with E-state index in [1.807, 2.05) is 30.3 Å². The van der Waals surface area contributed by atoms with Gasteiger partial charge < -0.3 is 40.3 Å². The third-order valence-corrected chi connectivity index (χ3v) is 11.5. The maximum absolute atomic E-state index is 14.0. The molecule has 1 aliphatic heterocycles. The van der Waals surface area contributed by atoms with E-state index in [-0.39, 0.29) is 12.5 Å². The van der Waals surface area contributed by atoms with E-state index < -0.39 is 55.2 Å². The van der Waals surface area contributed by atoms with Gasteiger partial charge in [-0.3, -0.25) is 9.59 Å². The molecule has 0 aliphatic carbocycles. The number of amides is 3. The zero-order chi connectivity index (χ0) is 42.2. The van der Waals surface area contributed by atoms with Crippen LogP contribution in [0.3, 0.4) is 0 Å². The number of nitrogens with one attached hydrogen (secondary N) is 2. The molecule has 0 bridgehead atoms. The van der Waals surface area contributed by atoms with Gasteiger partial charge in [0.1, 0.15) is 37.0 Å². The van der Waals surface area contributed by atoms with E-state index in [1.165, 1.54) is 116 Å². The Morgan fingerprint density at radius 1 is 0.690 bits per heavy atom. The van der Waals surface area contributed by atoms with Crippen LogP contribution in [0.4, 0.5) is 4.79 Å². The van der Waals surface area contributed by atoms with Crippen molar-refractivity contribution in [2.75, 3.05) is 13.2 Å². The maximum Gasteiger partial charge on any atom is 0.408 e. The van der Waals surface area contributed by atoms with Crippen LogP contribution in [0, 0.1) is 0 Å². The highest BCUT2D eigenvalue weighted by Crippen LogP contribution is 2.26. The summed E-state index contributed by atoms with van der Waals surface area (Å²) in [5.74, 6) is -0.788. The molecule has 6 atom stereocenters. The third-order valence-electron chi connectivity index (χ3n) is 11.5. The quantitative estimate of drug-likeness (QED) is 0.0431. The van der Waals surface area contributed by atoms with Gasteiger partial charge in [-0.15, -0.1) is 0 Å². The summed E-state index contributed by atoms with van der Waals surface area (Å²) in [6.07, 6.45) is 24.0. The van der Waals surface area contributed by atoms with E-state index in [2.05, 4.69) is 24.5 Å². The van der Waals surface area contributed by atoms with Crippen LogP contribution in [0.15, 0.2) is 30.3 Å². The minimum atomic E-state index is -1.54. The molecule has 334 valence electrons. The fraction of sp³-hybridized carbons (Fsp3) is 0.809. The number of carbonyl (C=O) groups is 3. The average Bonchev–Trinajstić information content (AvgIpc) is 3.23. The van der Waals surface area contributed by atoms with Crippen LogP contribution in [0.25, 0.3) is 0 Å². The molecule has 3 amide bonds. The molecule has 11 nitrogen and oxygen atoms in total. The second kappa shape index (κ2) is 33.0. The van der Waals surface area contributed by atoms with Gasteiger partial charge in [0.15, 0.2) is 6.23 Å². The highest BCUT2D eigenvalue weighted by atomic mass is 16.6. The van der Waals surface area contributed by atoms with E-state index >= 15 is 0 Å². The molecule has 58 heavy (non-hydrogen) atoms. The first-order valence-electron chi connectivity index (χ1n) is 23.4. The van der Waals surface area contributed by atoms with Gasteiger partial charge in [-0.1, -0.05) is 192 Å². The molecule has 1 saturated heterocycles. The molecule has 0 radical (unpaired) electrons. The third kappa shape index (κ3) is 22.0. The van der Waals surface area contributed by atoms with Crippen LogP contribution in [0.1, 0.15) is 193 Å². The van der Waals surface area contributed by atoms with Crippen molar-refractivity contribution in [2.24, 2.45) is 0 Å². The molecule has 5 N–H and O–H groups in total. The number of unbranched alkanes of at least 4 members (excludes halogenated alkanes) is 23. The van der Waals surface area contributed by atoms with Crippen LogP contribution in [-0.4, -0.2) is 87.9 Å². The molecule has 1 aliphatic rings. The minimum Gasteiger partial charge on any atom is -0.445 e. The van der Waals surface area contributed by atoms with E-state index in [9.17, 15) is 29.7 Å². The molecule has 2 rings (SSSR count). The summed E-state index contributed by atoms with van der Waals surface area (Å²) in [5, 5.41) is 37.5. The monoisotopic (exact) mass is 818 g/mol. The Bertz CT molecular complexity index is 1190. The zero-order valence-electron chi connectivity index (χ0n) is 36.7. The van der Waals surface area contributed by atoms with Gasteiger partial charge in [-0.05, 0) is 25.3 Å². The maximum atomic E-state index is 14.0. The lowest BCUT2D eigenvalue weighted by Gasteiger charge is -2.47. The smallest absolute Gasteiger partial charge is 0.408 e.